The fourth-order valence-electron chi connectivity index (χ4n) is 3.79. The molecule has 1 unspecified atom stereocenters. The van der Waals surface area contributed by atoms with E-state index in [2.05, 4.69) is 41.0 Å². The molecule has 3 rings (SSSR count). The highest BCUT2D eigenvalue weighted by Gasteiger charge is 2.27. The number of aliphatic hydroxyl groups is 1. The van der Waals surface area contributed by atoms with Crippen molar-refractivity contribution in [2.45, 2.75) is 32.5 Å². The Bertz CT molecular complexity index is 750. The third kappa shape index (κ3) is 5.01. The zero-order valence-corrected chi connectivity index (χ0v) is 16.3. The largest absolute Gasteiger partial charge is 0.508 e. The smallest absolute Gasteiger partial charge is 0.120 e. The molecule has 1 fully saturated rings. The topological polar surface area (TPSA) is 56.2 Å². The zero-order valence-electron chi connectivity index (χ0n) is 16.3. The molecule has 0 saturated carbocycles. The number of aliphatic hydroxyl groups excluding tert-OH is 1. The highest BCUT2D eigenvalue weighted by atomic mass is 16.5. The van der Waals surface area contributed by atoms with Gasteiger partial charge in [0, 0.05) is 50.9 Å². The maximum Gasteiger partial charge on any atom is 0.120 e. The molecule has 1 aliphatic heterocycles. The molecule has 1 heterocycles. The molecule has 0 spiro atoms. The molecule has 2 aromatic carbocycles. The lowest BCUT2D eigenvalue weighted by molar-refractivity contribution is 0.0495. The number of nitrogens with zero attached hydrogens (tertiary/aromatic N) is 2. The normalized spacial score (nSPS) is 18.6. The molecule has 5 nitrogen and oxygen atoms in total. The van der Waals surface area contributed by atoms with Crippen LogP contribution in [0.2, 0.25) is 0 Å². The van der Waals surface area contributed by atoms with Gasteiger partial charge in [-0.15, -0.1) is 0 Å². The Morgan fingerprint density at radius 1 is 1.07 bits per heavy atom. The van der Waals surface area contributed by atoms with Gasteiger partial charge < -0.3 is 14.9 Å². The minimum Gasteiger partial charge on any atom is -0.508 e. The second-order valence-corrected chi connectivity index (χ2v) is 7.29. The number of aryl methyl sites for hydroxylation is 1. The molecule has 1 aliphatic rings. The van der Waals surface area contributed by atoms with Gasteiger partial charge in [-0.2, -0.15) is 0 Å². The van der Waals surface area contributed by atoms with Crippen molar-refractivity contribution in [3.8, 4) is 11.5 Å². The van der Waals surface area contributed by atoms with Crippen molar-refractivity contribution in [2.24, 2.45) is 0 Å². The molecule has 0 amide bonds. The third-order valence-corrected chi connectivity index (χ3v) is 5.47. The fraction of sp³-hybridized carbons (Fsp3) is 0.455. The number of aromatic hydroxyl groups is 1. The maximum atomic E-state index is 10.2. The number of rotatable bonds is 7. The third-order valence-electron chi connectivity index (χ3n) is 5.47. The van der Waals surface area contributed by atoms with E-state index < -0.39 is 0 Å². The Balaban J connectivity index is 1.68. The van der Waals surface area contributed by atoms with Crippen molar-refractivity contribution in [3.05, 3.63) is 59.2 Å². The summed E-state index contributed by atoms with van der Waals surface area (Å²) in [6.45, 7) is 6.70. The van der Waals surface area contributed by atoms with Crippen LogP contribution in [0.1, 0.15) is 23.1 Å². The maximum absolute atomic E-state index is 10.2. The molecular formula is C22H30N2O3. The van der Waals surface area contributed by atoms with Crippen LogP contribution in [0.5, 0.6) is 11.5 Å². The van der Waals surface area contributed by atoms with Crippen LogP contribution in [0, 0.1) is 6.92 Å². The predicted octanol–water partition coefficient (Wildman–Crippen LogP) is 2.78. The first kappa shape index (κ1) is 19.7. The Labute approximate surface area is 161 Å². The van der Waals surface area contributed by atoms with Gasteiger partial charge in [-0.05, 0) is 42.7 Å². The first-order chi connectivity index (χ1) is 13.1. The van der Waals surface area contributed by atoms with E-state index in [9.17, 15) is 10.2 Å². The van der Waals surface area contributed by atoms with Gasteiger partial charge in [-0.25, -0.2) is 0 Å². The molecule has 5 heteroatoms. The van der Waals surface area contributed by atoms with Gasteiger partial charge in [-0.1, -0.05) is 24.3 Å². The predicted molar refractivity (Wildman–Crippen MR) is 107 cm³/mol. The average Bonchev–Trinajstić information content (AvgIpc) is 2.67. The number of phenolic OH excluding ortho intramolecular Hbond substituents is 1. The number of methoxy groups -OCH3 is 1. The van der Waals surface area contributed by atoms with Gasteiger partial charge in [0.25, 0.3) is 0 Å². The lowest BCUT2D eigenvalue weighted by Crippen LogP contribution is -2.52. The van der Waals surface area contributed by atoms with Gasteiger partial charge in [0.15, 0.2) is 0 Å². The molecule has 0 radical (unpaired) electrons. The van der Waals surface area contributed by atoms with Crippen molar-refractivity contribution in [1.29, 1.82) is 0 Å². The van der Waals surface area contributed by atoms with Crippen molar-refractivity contribution < 1.29 is 14.9 Å². The fourth-order valence-corrected chi connectivity index (χ4v) is 3.79. The lowest BCUT2D eigenvalue weighted by atomic mass is 10.0. The zero-order chi connectivity index (χ0) is 19.2. The highest BCUT2D eigenvalue weighted by molar-refractivity contribution is 5.39. The molecule has 2 aromatic rings. The molecule has 0 bridgehead atoms. The van der Waals surface area contributed by atoms with E-state index >= 15 is 0 Å². The molecule has 146 valence electrons. The average molecular weight is 370 g/mol. The van der Waals surface area contributed by atoms with Crippen LogP contribution in [-0.2, 0) is 13.1 Å². The van der Waals surface area contributed by atoms with Gasteiger partial charge in [-0.3, -0.25) is 9.80 Å². The van der Waals surface area contributed by atoms with Crippen LogP contribution in [0.4, 0.5) is 0 Å². The summed E-state index contributed by atoms with van der Waals surface area (Å²) in [4.78, 5) is 4.82. The van der Waals surface area contributed by atoms with Crippen molar-refractivity contribution in [2.75, 3.05) is 33.4 Å². The quantitative estimate of drug-likeness (QED) is 0.785. The Morgan fingerprint density at radius 3 is 2.63 bits per heavy atom. The van der Waals surface area contributed by atoms with Crippen LogP contribution >= 0.6 is 0 Å². The molecule has 2 N–H and O–H groups in total. The summed E-state index contributed by atoms with van der Waals surface area (Å²) < 4.78 is 5.28. The Morgan fingerprint density at radius 2 is 1.89 bits per heavy atom. The summed E-state index contributed by atoms with van der Waals surface area (Å²) in [5.74, 6) is 1.06. The number of hydrogen-bond acceptors (Lipinski definition) is 5. The number of ether oxygens (including phenoxy) is 1. The number of hydrogen-bond donors (Lipinski definition) is 2. The van der Waals surface area contributed by atoms with E-state index in [1.165, 1.54) is 11.1 Å². The first-order valence-corrected chi connectivity index (χ1v) is 9.58. The van der Waals surface area contributed by atoms with Gasteiger partial charge >= 0.3 is 0 Å². The van der Waals surface area contributed by atoms with E-state index in [1.54, 1.807) is 19.2 Å². The van der Waals surface area contributed by atoms with E-state index in [0.717, 1.165) is 43.9 Å². The van der Waals surface area contributed by atoms with Crippen LogP contribution in [0.25, 0.3) is 0 Å². The number of phenols is 1. The van der Waals surface area contributed by atoms with Gasteiger partial charge in [0.05, 0.1) is 7.11 Å². The second kappa shape index (κ2) is 9.22. The molecule has 0 aliphatic carbocycles. The van der Waals surface area contributed by atoms with Gasteiger partial charge in [0.2, 0.25) is 0 Å². The van der Waals surface area contributed by atoms with Crippen LogP contribution < -0.4 is 4.74 Å². The van der Waals surface area contributed by atoms with Crippen molar-refractivity contribution in [3.63, 3.8) is 0 Å². The molecule has 1 atom stereocenters. The number of benzene rings is 2. The summed E-state index contributed by atoms with van der Waals surface area (Å²) in [7, 11) is 1.64. The minimum atomic E-state index is 0.188. The van der Waals surface area contributed by atoms with E-state index in [-0.39, 0.29) is 6.61 Å². The van der Waals surface area contributed by atoms with Crippen LogP contribution in [0.3, 0.4) is 0 Å². The molecule has 27 heavy (non-hydrogen) atoms. The van der Waals surface area contributed by atoms with Gasteiger partial charge in [0.1, 0.15) is 11.5 Å². The molecule has 0 aromatic heterocycles. The summed E-state index contributed by atoms with van der Waals surface area (Å²) in [6.07, 6.45) is 0.756. The second-order valence-electron chi connectivity index (χ2n) is 7.29. The van der Waals surface area contributed by atoms with E-state index in [0.29, 0.717) is 18.3 Å². The van der Waals surface area contributed by atoms with Crippen LogP contribution in [-0.4, -0.2) is 59.4 Å². The molecular weight excluding hydrogens is 340 g/mol. The molecule has 1 saturated heterocycles. The van der Waals surface area contributed by atoms with Crippen molar-refractivity contribution in [1.82, 2.24) is 9.80 Å². The van der Waals surface area contributed by atoms with Crippen molar-refractivity contribution >= 4 is 0 Å². The van der Waals surface area contributed by atoms with E-state index in [4.69, 9.17) is 4.74 Å². The summed E-state index contributed by atoms with van der Waals surface area (Å²) in [6, 6.07) is 14.2. The monoisotopic (exact) mass is 370 g/mol. The van der Waals surface area contributed by atoms with Crippen LogP contribution in [0.15, 0.2) is 42.5 Å². The standard InChI is InChI=1S/C22H30N2O3/c1-17-5-3-4-6-18(17)15-24-11-10-23(16-20(24)9-12-25)14-19-13-21(27-2)7-8-22(19)26/h3-8,13,20,25-26H,9-12,14-16H2,1-2H3. The summed E-state index contributed by atoms with van der Waals surface area (Å²) in [5, 5.41) is 19.7. The SMILES string of the molecule is COc1ccc(O)c(CN2CCN(Cc3ccccc3C)C(CCO)C2)c1. The number of piperazine rings is 1. The summed E-state index contributed by atoms with van der Waals surface area (Å²) in [5.41, 5.74) is 3.53. The lowest BCUT2D eigenvalue weighted by Gasteiger charge is -2.41. The highest BCUT2D eigenvalue weighted by Crippen LogP contribution is 2.26. The Hall–Kier alpha value is -2.08. The minimum absolute atomic E-state index is 0.188. The van der Waals surface area contributed by atoms with E-state index in [1.807, 2.05) is 6.07 Å². The summed E-state index contributed by atoms with van der Waals surface area (Å²) >= 11 is 0. The Kier molecular flexibility index (Phi) is 6.72. The first-order valence-electron chi connectivity index (χ1n) is 9.58.